The lowest BCUT2D eigenvalue weighted by Crippen LogP contribution is -2.36. The third-order valence-electron chi connectivity index (χ3n) is 3.05. The van der Waals surface area contributed by atoms with Crippen LogP contribution in [0.1, 0.15) is 44.4 Å². The highest BCUT2D eigenvalue weighted by molar-refractivity contribution is 5.23. The summed E-state index contributed by atoms with van der Waals surface area (Å²) < 4.78 is 0. The number of rotatable bonds is 3. The summed E-state index contributed by atoms with van der Waals surface area (Å²) in [6.45, 7) is 8.33. The molecule has 0 spiro atoms. The molecule has 0 heterocycles. The Morgan fingerprint density at radius 3 is 2.12 bits per heavy atom. The molecule has 0 aliphatic heterocycles. The molecule has 16 heavy (non-hydrogen) atoms. The summed E-state index contributed by atoms with van der Waals surface area (Å²) in [6.07, 6.45) is 0.141. The van der Waals surface area contributed by atoms with Gasteiger partial charge in [0.15, 0.2) is 0 Å². The first-order valence-corrected chi connectivity index (χ1v) is 5.81. The van der Waals surface area contributed by atoms with E-state index in [2.05, 4.69) is 20.8 Å². The van der Waals surface area contributed by atoms with Gasteiger partial charge in [-0.15, -0.1) is 0 Å². The third kappa shape index (κ3) is 3.62. The van der Waals surface area contributed by atoms with Crippen LogP contribution < -0.4 is 5.73 Å². The minimum atomic E-state index is -0.463. The molecule has 2 nitrogen and oxygen atoms in total. The van der Waals surface area contributed by atoms with Gasteiger partial charge in [0, 0.05) is 6.04 Å². The summed E-state index contributed by atoms with van der Waals surface area (Å²) >= 11 is 0. The molecule has 0 saturated heterocycles. The second kappa shape index (κ2) is 4.98. The van der Waals surface area contributed by atoms with E-state index in [9.17, 15) is 5.11 Å². The van der Waals surface area contributed by atoms with E-state index in [0.717, 1.165) is 5.56 Å². The van der Waals surface area contributed by atoms with E-state index < -0.39 is 6.10 Å². The number of benzene rings is 1. The smallest absolute Gasteiger partial charge is 0.0805 e. The standard InChI is InChI=1S/C14H23NO/c1-10-5-7-11(8-6-10)12(16)9-13(15)14(2,3)4/h5-8,12-13,16H,9,15H2,1-4H3/t12-,13-/m0/s1. The number of nitrogens with two attached hydrogens (primary N) is 1. The molecular formula is C14H23NO. The van der Waals surface area contributed by atoms with Crippen LogP contribution in [0.2, 0.25) is 0 Å². The molecule has 0 bridgehead atoms. The molecule has 0 amide bonds. The first-order valence-electron chi connectivity index (χ1n) is 5.81. The van der Waals surface area contributed by atoms with Gasteiger partial charge in [-0.25, -0.2) is 0 Å². The fraction of sp³-hybridized carbons (Fsp3) is 0.571. The molecule has 0 saturated carbocycles. The van der Waals surface area contributed by atoms with Crippen LogP contribution in [0.15, 0.2) is 24.3 Å². The summed E-state index contributed by atoms with van der Waals surface area (Å²) in [7, 11) is 0. The molecule has 0 fully saturated rings. The van der Waals surface area contributed by atoms with Crippen molar-refractivity contribution in [3.63, 3.8) is 0 Å². The maximum atomic E-state index is 10.1. The van der Waals surface area contributed by atoms with Crippen LogP contribution in [0.5, 0.6) is 0 Å². The van der Waals surface area contributed by atoms with E-state index in [0.29, 0.717) is 6.42 Å². The second-order valence-electron chi connectivity index (χ2n) is 5.63. The highest BCUT2D eigenvalue weighted by Gasteiger charge is 2.23. The van der Waals surface area contributed by atoms with Gasteiger partial charge in [-0.1, -0.05) is 50.6 Å². The van der Waals surface area contributed by atoms with Crippen molar-refractivity contribution in [3.8, 4) is 0 Å². The Labute approximate surface area is 98.5 Å². The Kier molecular flexibility index (Phi) is 4.11. The summed E-state index contributed by atoms with van der Waals surface area (Å²) in [5.41, 5.74) is 8.25. The van der Waals surface area contributed by atoms with Crippen LogP contribution in [0.3, 0.4) is 0 Å². The Hall–Kier alpha value is -0.860. The zero-order valence-corrected chi connectivity index (χ0v) is 10.7. The molecule has 2 atom stereocenters. The third-order valence-corrected chi connectivity index (χ3v) is 3.05. The van der Waals surface area contributed by atoms with E-state index in [1.54, 1.807) is 0 Å². The minimum absolute atomic E-state index is 0.00352. The molecule has 1 aromatic rings. The lowest BCUT2D eigenvalue weighted by molar-refractivity contribution is 0.133. The quantitative estimate of drug-likeness (QED) is 0.824. The van der Waals surface area contributed by atoms with Crippen LogP contribution in [0.25, 0.3) is 0 Å². The van der Waals surface area contributed by atoms with Gasteiger partial charge in [0.25, 0.3) is 0 Å². The average molecular weight is 221 g/mol. The van der Waals surface area contributed by atoms with Gasteiger partial charge >= 0.3 is 0 Å². The topological polar surface area (TPSA) is 46.2 Å². The van der Waals surface area contributed by atoms with Crippen molar-refractivity contribution in [2.45, 2.75) is 46.3 Å². The highest BCUT2D eigenvalue weighted by Crippen LogP contribution is 2.26. The van der Waals surface area contributed by atoms with Crippen molar-refractivity contribution < 1.29 is 5.11 Å². The molecule has 1 rings (SSSR count). The fourth-order valence-electron chi connectivity index (χ4n) is 1.52. The van der Waals surface area contributed by atoms with Gasteiger partial charge in [0.05, 0.1) is 6.10 Å². The predicted octanol–water partition coefficient (Wildman–Crippen LogP) is 2.79. The Morgan fingerprint density at radius 1 is 1.19 bits per heavy atom. The second-order valence-corrected chi connectivity index (χ2v) is 5.63. The van der Waals surface area contributed by atoms with Crippen LogP contribution in [0.4, 0.5) is 0 Å². The van der Waals surface area contributed by atoms with Crippen molar-refractivity contribution in [2.24, 2.45) is 11.1 Å². The zero-order valence-electron chi connectivity index (χ0n) is 10.7. The summed E-state index contributed by atoms with van der Waals surface area (Å²) in [6, 6.07) is 7.97. The van der Waals surface area contributed by atoms with E-state index >= 15 is 0 Å². The Bertz CT molecular complexity index is 324. The first-order chi connectivity index (χ1) is 7.30. The number of hydrogen-bond donors (Lipinski definition) is 2. The van der Waals surface area contributed by atoms with E-state index in [1.807, 2.05) is 31.2 Å². The first kappa shape index (κ1) is 13.2. The van der Waals surface area contributed by atoms with Crippen LogP contribution in [0, 0.1) is 12.3 Å². The van der Waals surface area contributed by atoms with Crippen molar-refractivity contribution in [1.29, 1.82) is 0 Å². The predicted molar refractivity (Wildman–Crippen MR) is 68.2 cm³/mol. The molecule has 0 aromatic heterocycles. The lowest BCUT2D eigenvalue weighted by atomic mass is 9.83. The number of aliphatic hydroxyl groups excluding tert-OH is 1. The maximum absolute atomic E-state index is 10.1. The monoisotopic (exact) mass is 221 g/mol. The van der Waals surface area contributed by atoms with Crippen LogP contribution in [-0.4, -0.2) is 11.1 Å². The number of hydrogen-bond acceptors (Lipinski definition) is 2. The average Bonchev–Trinajstić information content (AvgIpc) is 2.17. The van der Waals surface area contributed by atoms with Gasteiger partial charge in [-0.3, -0.25) is 0 Å². The molecule has 3 N–H and O–H groups in total. The van der Waals surface area contributed by atoms with Gasteiger partial charge < -0.3 is 10.8 Å². The summed E-state index contributed by atoms with van der Waals surface area (Å²) in [5, 5.41) is 10.1. The van der Waals surface area contributed by atoms with Crippen molar-refractivity contribution in [3.05, 3.63) is 35.4 Å². The zero-order chi connectivity index (χ0) is 12.3. The van der Waals surface area contributed by atoms with E-state index in [4.69, 9.17) is 5.73 Å². The maximum Gasteiger partial charge on any atom is 0.0805 e. The molecule has 90 valence electrons. The molecular weight excluding hydrogens is 198 g/mol. The molecule has 0 unspecified atom stereocenters. The SMILES string of the molecule is Cc1ccc([C@@H](O)C[C@H](N)C(C)(C)C)cc1. The number of aryl methyl sites for hydroxylation is 1. The lowest BCUT2D eigenvalue weighted by Gasteiger charge is -2.29. The minimum Gasteiger partial charge on any atom is -0.388 e. The van der Waals surface area contributed by atoms with Crippen LogP contribution >= 0.6 is 0 Å². The Balaban J connectivity index is 2.65. The largest absolute Gasteiger partial charge is 0.388 e. The number of aliphatic hydroxyl groups is 1. The Morgan fingerprint density at radius 2 is 1.69 bits per heavy atom. The fourth-order valence-corrected chi connectivity index (χ4v) is 1.52. The van der Waals surface area contributed by atoms with Gasteiger partial charge in [-0.05, 0) is 24.3 Å². The summed E-state index contributed by atoms with van der Waals surface area (Å²) in [5.74, 6) is 0. The molecule has 2 heteroatoms. The van der Waals surface area contributed by atoms with Gasteiger partial charge in [0.1, 0.15) is 0 Å². The highest BCUT2D eigenvalue weighted by atomic mass is 16.3. The molecule has 0 aliphatic rings. The van der Waals surface area contributed by atoms with Gasteiger partial charge in [-0.2, -0.15) is 0 Å². The molecule has 0 radical (unpaired) electrons. The van der Waals surface area contributed by atoms with Crippen molar-refractivity contribution in [1.82, 2.24) is 0 Å². The van der Waals surface area contributed by atoms with Crippen molar-refractivity contribution in [2.75, 3.05) is 0 Å². The van der Waals surface area contributed by atoms with E-state index in [1.165, 1.54) is 5.56 Å². The van der Waals surface area contributed by atoms with Crippen molar-refractivity contribution >= 4 is 0 Å². The van der Waals surface area contributed by atoms with Gasteiger partial charge in [0.2, 0.25) is 0 Å². The molecule has 1 aromatic carbocycles. The van der Waals surface area contributed by atoms with E-state index in [-0.39, 0.29) is 11.5 Å². The van der Waals surface area contributed by atoms with Crippen LogP contribution in [-0.2, 0) is 0 Å². The molecule has 0 aliphatic carbocycles. The summed E-state index contributed by atoms with van der Waals surface area (Å²) in [4.78, 5) is 0. The normalized spacial score (nSPS) is 15.9.